The van der Waals surface area contributed by atoms with E-state index in [1.807, 2.05) is 13.8 Å². The smallest absolute Gasteiger partial charge is 0.175 e. The zero-order valence-electron chi connectivity index (χ0n) is 21.9. The largest absolute Gasteiger partial charge is 0.490 e. The normalized spacial score (nSPS) is 40.2. The average Bonchev–Trinajstić information content (AvgIpc) is 2.71. The monoisotopic (exact) mass is 440 g/mol. The lowest BCUT2D eigenvalue weighted by molar-refractivity contribution is -0.157. The molecule has 0 radical (unpaired) electrons. The molecular formula is C29H44O3. The van der Waals surface area contributed by atoms with Crippen molar-refractivity contribution in [2.45, 2.75) is 100 Å². The van der Waals surface area contributed by atoms with E-state index in [1.165, 1.54) is 12.0 Å². The van der Waals surface area contributed by atoms with Gasteiger partial charge in [-0.15, -0.1) is 0 Å². The SMILES string of the molecule is C=C1CC[C@H]2[C@H](C(C)C)C3=C(O[C@]2(C)CC[C@@H]2[C@@H]1CC2(C)C)C(C)(C)C(=O)C(C)(C)C3=O. The first-order chi connectivity index (χ1) is 14.6. The molecule has 0 aromatic rings. The maximum atomic E-state index is 13.8. The van der Waals surface area contributed by atoms with Gasteiger partial charge in [-0.25, -0.2) is 0 Å². The van der Waals surface area contributed by atoms with Crippen LogP contribution in [0, 0.1) is 45.8 Å². The zero-order valence-corrected chi connectivity index (χ0v) is 21.9. The minimum Gasteiger partial charge on any atom is -0.490 e. The standard InChI is InChI=1S/C29H44O3/c1-16(2)21-20-12-11-17(3)18-15-26(4,5)19(18)13-14-29(20,10)32-24-22(21)23(30)27(6,7)25(31)28(24,8)9/h16,18-21H,3,11-15H2,1-2,4-10H3/t18-,19-,20+,21+,29-/m1/s1. The van der Waals surface area contributed by atoms with Gasteiger partial charge in [-0.3, -0.25) is 9.59 Å². The minimum absolute atomic E-state index is 0.0162. The third-order valence-electron chi connectivity index (χ3n) is 9.85. The van der Waals surface area contributed by atoms with Crippen LogP contribution in [0.15, 0.2) is 23.5 Å². The van der Waals surface area contributed by atoms with Gasteiger partial charge in [0.25, 0.3) is 0 Å². The molecule has 3 heteroatoms. The molecule has 1 aliphatic heterocycles. The van der Waals surface area contributed by atoms with E-state index in [2.05, 4.69) is 41.2 Å². The molecule has 0 spiro atoms. The molecule has 0 bridgehead atoms. The summed E-state index contributed by atoms with van der Waals surface area (Å²) in [4.78, 5) is 27.2. The summed E-state index contributed by atoms with van der Waals surface area (Å²) in [6, 6.07) is 0. The number of carbonyl (C=O) groups is 2. The van der Waals surface area contributed by atoms with Gasteiger partial charge in [0.1, 0.15) is 11.4 Å². The van der Waals surface area contributed by atoms with Gasteiger partial charge >= 0.3 is 0 Å². The molecule has 4 aliphatic rings. The summed E-state index contributed by atoms with van der Waals surface area (Å²) < 4.78 is 6.92. The van der Waals surface area contributed by atoms with Crippen molar-refractivity contribution in [3.8, 4) is 0 Å². The van der Waals surface area contributed by atoms with Gasteiger partial charge in [0.2, 0.25) is 0 Å². The van der Waals surface area contributed by atoms with E-state index in [0.29, 0.717) is 28.9 Å². The first kappa shape index (κ1) is 23.8. The van der Waals surface area contributed by atoms with Gasteiger partial charge in [0.05, 0.1) is 10.8 Å². The van der Waals surface area contributed by atoms with Crippen molar-refractivity contribution in [3.63, 3.8) is 0 Å². The molecule has 0 aromatic carbocycles. The molecule has 32 heavy (non-hydrogen) atoms. The van der Waals surface area contributed by atoms with Gasteiger partial charge in [-0.05, 0) is 95.8 Å². The predicted molar refractivity (Wildman–Crippen MR) is 129 cm³/mol. The van der Waals surface area contributed by atoms with E-state index >= 15 is 0 Å². The molecule has 178 valence electrons. The number of ketones is 2. The Labute approximate surface area is 195 Å². The van der Waals surface area contributed by atoms with Crippen LogP contribution in [0.3, 0.4) is 0 Å². The van der Waals surface area contributed by atoms with E-state index in [-0.39, 0.29) is 29.0 Å². The molecule has 1 heterocycles. The van der Waals surface area contributed by atoms with E-state index in [9.17, 15) is 9.59 Å². The number of ether oxygens (including phenoxy) is 1. The molecule has 0 amide bonds. The van der Waals surface area contributed by atoms with E-state index in [1.54, 1.807) is 13.8 Å². The molecule has 0 aromatic heterocycles. The maximum Gasteiger partial charge on any atom is 0.175 e. The van der Waals surface area contributed by atoms with Crippen LogP contribution in [-0.2, 0) is 14.3 Å². The van der Waals surface area contributed by atoms with Crippen LogP contribution in [0.2, 0.25) is 0 Å². The third-order valence-corrected chi connectivity index (χ3v) is 9.85. The third kappa shape index (κ3) is 3.12. The molecule has 2 saturated carbocycles. The van der Waals surface area contributed by atoms with Crippen LogP contribution in [0.1, 0.15) is 94.4 Å². The number of allylic oxidation sites excluding steroid dienone is 3. The van der Waals surface area contributed by atoms with Crippen molar-refractivity contribution >= 4 is 11.6 Å². The average molecular weight is 441 g/mol. The molecule has 5 atom stereocenters. The van der Waals surface area contributed by atoms with E-state index in [0.717, 1.165) is 31.3 Å². The van der Waals surface area contributed by atoms with Crippen molar-refractivity contribution in [2.24, 2.45) is 45.8 Å². The highest BCUT2D eigenvalue weighted by atomic mass is 16.5. The number of carbonyl (C=O) groups excluding carboxylic acids is 2. The molecule has 3 aliphatic carbocycles. The number of hydrogen-bond donors (Lipinski definition) is 0. The second-order valence-corrected chi connectivity index (χ2v) is 13.6. The van der Waals surface area contributed by atoms with Crippen LogP contribution < -0.4 is 0 Å². The summed E-state index contributed by atoms with van der Waals surface area (Å²) in [5.41, 5.74) is 0.400. The summed E-state index contributed by atoms with van der Waals surface area (Å²) >= 11 is 0. The Balaban J connectivity index is 1.85. The van der Waals surface area contributed by atoms with Gasteiger partial charge < -0.3 is 4.74 Å². The zero-order chi connectivity index (χ0) is 24.0. The van der Waals surface area contributed by atoms with Gasteiger partial charge in [0, 0.05) is 11.5 Å². The Morgan fingerprint density at radius 2 is 1.56 bits per heavy atom. The Bertz CT molecular complexity index is 899. The summed E-state index contributed by atoms with van der Waals surface area (Å²) in [6.45, 7) is 23.6. The van der Waals surface area contributed by atoms with Crippen LogP contribution >= 0.6 is 0 Å². The van der Waals surface area contributed by atoms with Crippen molar-refractivity contribution in [1.82, 2.24) is 0 Å². The second-order valence-electron chi connectivity index (χ2n) is 13.6. The summed E-state index contributed by atoms with van der Waals surface area (Å²) in [6.07, 6.45) is 5.32. The van der Waals surface area contributed by atoms with Gasteiger partial charge in [-0.2, -0.15) is 0 Å². The van der Waals surface area contributed by atoms with Crippen LogP contribution in [0.4, 0.5) is 0 Å². The van der Waals surface area contributed by atoms with Crippen molar-refractivity contribution < 1.29 is 14.3 Å². The lowest BCUT2D eigenvalue weighted by atomic mass is 9.52. The maximum absolute atomic E-state index is 13.8. The molecule has 0 N–H and O–H groups in total. The molecule has 3 nitrogen and oxygen atoms in total. The fourth-order valence-electron chi connectivity index (χ4n) is 7.89. The Morgan fingerprint density at radius 3 is 2.12 bits per heavy atom. The molecule has 4 rings (SSSR count). The van der Waals surface area contributed by atoms with E-state index in [4.69, 9.17) is 4.74 Å². The molecule has 0 saturated heterocycles. The Morgan fingerprint density at radius 1 is 0.938 bits per heavy atom. The fourth-order valence-corrected chi connectivity index (χ4v) is 7.89. The predicted octanol–water partition coefficient (Wildman–Crippen LogP) is 6.91. The number of fused-ring (bicyclic) bond motifs is 2. The van der Waals surface area contributed by atoms with Crippen molar-refractivity contribution in [3.05, 3.63) is 23.5 Å². The van der Waals surface area contributed by atoms with Gasteiger partial charge in [-0.1, -0.05) is 39.8 Å². The lowest BCUT2D eigenvalue weighted by Gasteiger charge is -2.55. The lowest BCUT2D eigenvalue weighted by Crippen LogP contribution is -2.58. The van der Waals surface area contributed by atoms with Crippen LogP contribution in [-0.4, -0.2) is 17.2 Å². The highest BCUT2D eigenvalue weighted by Crippen LogP contribution is 2.61. The van der Waals surface area contributed by atoms with Crippen LogP contribution in [0.25, 0.3) is 0 Å². The molecule has 0 unspecified atom stereocenters. The molecular weight excluding hydrogens is 396 g/mol. The number of rotatable bonds is 1. The second kappa shape index (κ2) is 7.06. The number of Topliss-reactive ketones (excluding diaryl/α,β-unsaturated/α-hetero) is 2. The summed E-state index contributed by atoms with van der Waals surface area (Å²) in [5.74, 6) is 2.57. The van der Waals surface area contributed by atoms with Crippen molar-refractivity contribution in [1.29, 1.82) is 0 Å². The van der Waals surface area contributed by atoms with E-state index < -0.39 is 10.8 Å². The number of hydrogen-bond acceptors (Lipinski definition) is 3. The van der Waals surface area contributed by atoms with Gasteiger partial charge in [0.15, 0.2) is 11.6 Å². The first-order valence-corrected chi connectivity index (χ1v) is 12.8. The first-order valence-electron chi connectivity index (χ1n) is 12.8. The fraction of sp³-hybridized carbons (Fsp3) is 0.793. The van der Waals surface area contributed by atoms with Crippen molar-refractivity contribution in [2.75, 3.05) is 0 Å². The highest BCUT2D eigenvalue weighted by molar-refractivity contribution is 6.19. The minimum atomic E-state index is -1.00. The quantitative estimate of drug-likeness (QED) is 0.328. The summed E-state index contributed by atoms with van der Waals surface area (Å²) in [7, 11) is 0. The van der Waals surface area contributed by atoms with Crippen LogP contribution in [0.5, 0.6) is 0 Å². The Hall–Kier alpha value is -1.38. The molecule has 2 fully saturated rings. The highest BCUT2D eigenvalue weighted by Gasteiger charge is 2.61. The Kier molecular flexibility index (Phi) is 5.24. The summed E-state index contributed by atoms with van der Waals surface area (Å²) in [5, 5.41) is 0. The topological polar surface area (TPSA) is 43.4 Å².